The van der Waals surface area contributed by atoms with Crippen LogP contribution in [0.4, 0.5) is 11.5 Å². The lowest BCUT2D eigenvalue weighted by atomic mass is 10.1. The van der Waals surface area contributed by atoms with Crippen molar-refractivity contribution in [2.75, 3.05) is 5.32 Å². The van der Waals surface area contributed by atoms with Gasteiger partial charge in [0.15, 0.2) is 0 Å². The summed E-state index contributed by atoms with van der Waals surface area (Å²) < 4.78 is 0. The van der Waals surface area contributed by atoms with E-state index in [1.54, 1.807) is 0 Å². The molecule has 0 saturated carbocycles. The number of alkyl halides is 1. The molecule has 20 heavy (non-hydrogen) atoms. The van der Waals surface area contributed by atoms with Gasteiger partial charge in [-0.05, 0) is 36.8 Å². The van der Waals surface area contributed by atoms with E-state index >= 15 is 0 Å². The van der Waals surface area contributed by atoms with E-state index in [4.69, 9.17) is 11.6 Å². The first-order valence-electron chi connectivity index (χ1n) is 6.60. The van der Waals surface area contributed by atoms with Gasteiger partial charge in [-0.25, -0.2) is 4.98 Å². The molecule has 2 nitrogen and oxygen atoms in total. The molecule has 0 aliphatic heterocycles. The highest BCUT2D eigenvalue weighted by molar-refractivity contribution is 6.21. The average molecular weight is 283 g/mol. The first-order valence-corrected chi connectivity index (χ1v) is 7.03. The van der Waals surface area contributed by atoms with Gasteiger partial charge in [-0.3, -0.25) is 0 Å². The normalized spacial score (nSPS) is 12.3. The minimum Gasteiger partial charge on any atom is -0.340 e. The molecule has 0 bridgehead atoms. The van der Waals surface area contributed by atoms with Crippen LogP contribution in [-0.2, 0) is 0 Å². The number of hydrogen-bond donors (Lipinski definition) is 1. The molecule has 0 amide bonds. The number of hydrogen-bond acceptors (Lipinski definition) is 2. The molecule has 3 heteroatoms. The van der Waals surface area contributed by atoms with Gasteiger partial charge < -0.3 is 5.32 Å². The maximum atomic E-state index is 6.21. The monoisotopic (exact) mass is 282 g/mol. The van der Waals surface area contributed by atoms with Crippen molar-refractivity contribution in [3.63, 3.8) is 0 Å². The van der Waals surface area contributed by atoms with Crippen molar-refractivity contribution in [1.29, 1.82) is 0 Å². The average Bonchev–Trinajstić information content (AvgIpc) is 2.47. The molecule has 1 unspecified atom stereocenters. The Morgan fingerprint density at radius 3 is 2.55 bits per heavy atom. The Morgan fingerprint density at radius 2 is 1.70 bits per heavy atom. The van der Waals surface area contributed by atoms with Crippen LogP contribution >= 0.6 is 11.6 Å². The molecule has 0 radical (unpaired) electrons. The summed E-state index contributed by atoms with van der Waals surface area (Å²) in [6.45, 7) is 1.97. The predicted octanol–water partition coefficient (Wildman–Crippen LogP) is 5.28. The van der Waals surface area contributed by atoms with Crippen LogP contribution in [0.2, 0.25) is 0 Å². The molecule has 3 rings (SSSR count). The number of nitrogens with one attached hydrogen (secondary N) is 1. The van der Waals surface area contributed by atoms with Gasteiger partial charge in [-0.1, -0.05) is 36.4 Å². The second-order valence-corrected chi connectivity index (χ2v) is 5.37. The summed E-state index contributed by atoms with van der Waals surface area (Å²) in [6, 6.07) is 20.2. The topological polar surface area (TPSA) is 24.9 Å². The minimum atomic E-state index is -0.0424. The molecule has 1 heterocycles. The molecular formula is C17H15ClN2. The summed E-state index contributed by atoms with van der Waals surface area (Å²) in [5.74, 6) is 0.827. The van der Waals surface area contributed by atoms with E-state index in [0.717, 1.165) is 28.0 Å². The largest absolute Gasteiger partial charge is 0.340 e. The van der Waals surface area contributed by atoms with E-state index in [-0.39, 0.29) is 5.38 Å². The van der Waals surface area contributed by atoms with Crippen LogP contribution in [0, 0.1) is 0 Å². The zero-order valence-electron chi connectivity index (χ0n) is 11.2. The van der Waals surface area contributed by atoms with Crippen LogP contribution in [0.15, 0.2) is 60.7 Å². The quantitative estimate of drug-likeness (QED) is 0.661. The molecule has 3 aromatic rings. The number of halogens is 1. The van der Waals surface area contributed by atoms with Crippen molar-refractivity contribution >= 4 is 34.0 Å². The van der Waals surface area contributed by atoms with Gasteiger partial charge in [0.05, 0.1) is 10.9 Å². The fraction of sp³-hybridized carbons (Fsp3) is 0.118. The second kappa shape index (κ2) is 5.51. The Hall–Kier alpha value is -2.06. The minimum absolute atomic E-state index is 0.0424. The zero-order valence-corrected chi connectivity index (χ0v) is 11.9. The summed E-state index contributed by atoms with van der Waals surface area (Å²) >= 11 is 6.21. The molecule has 0 aliphatic rings. The zero-order chi connectivity index (χ0) is 13.9. The lowest BCUT2D eigenvalue weighted by molar-refractivity contribution is 1.08. The Balaban J connectivity index is 1.97. The highest BCUT2D eigenvalue weighted by Gasteiger charge is 2.08. The molecule has 1 N–H and O–H groups in total. The Bertz CT molecular complexity index is 738. The SMILES string of the molecule is CC(Cl)c1ccccc1Nc1ccc2ccccc2n1. The molecule has 100 valence electrons. The van der Waals surface area contributed by atoms with Crippen molar-refractivity contribution in [2.45, 2.75) is 12.3 Å². The van der Waals surface area contributed by atoms with Crippen LogP contribution in [-0.4, -0.2) is 4.98 Å². The van der Waals surface area contributed by atoms with Crippen LogP contribution < -0.4 is 5.32 Å². The number of benzene rings is 2. The lowest BCUT2D eigenvalue weighted by Gasteiger charge is -2.13. The Kier molecular flexibility index (Phi) is 3.57. The first-order chi connectivity index (χ1) is 9.74. The van der Waals surface area contributed by atoms with E-state index in [1.165, 1.54) is 0 Å². The van der Waals surface area contributed by atoms with E-state index in [9.17, 15) is 0 Å². The summed E-state index contributed by atoms with van der Waals surface area (Å²) in [5, 5.41) is 4.44. The summed E-state index contributed by atoms with van der Waals surface area (Å²) in [6.07, 6.45) is 0. The van der Waals surface area contributed by atoms with Gasteiger partial charge in [-0.15, -0.1) is 11.6 Å². The third-order valence-electron chi connectivity index (χ3n) is 3.25. The highest BCUT2D eigenvalue weighted by Crippen LogP contribution is 2.29. The van der Waals surface area contributed by atoms with Gasteiger partial charge in [0.2, 0.25) is 0 Å². The molecule has 2 aromatic carbocycles. The summed E-state index contributed by atoms with van der Waals surface area (Å²) in [4.78, 5) is 4.62. The van der Waals surface area contributed by atoms with Crippen molar-refractivity contribution in [1.82, 2.24) is 4.98 Å². The van der Waals surface area contributed by atoms with Crippen molar-refractivity contribution in [3.8, 4) is 0 Å². The standard InChI is InChI=1S/C17H15ClN2/c1-12(18)14-7-3-5-9-16(14)20-17-11-10-13-6-2-4-8-15(13)19-17/h2-12H,1H3,(H,19,20). The lowest BCUT2D eigenvalue weighted by Crippen LogP contribution is -1.98. The number of aromatic nitrogens is 1. The maximum Gasteiger partial charge on any atom is 0.131 e. The second-order valence-electron chi connectivity index (χ2n) is 4.72. The molecular weight excluding hydrogens is 268 g/mol. The van der Waals surface area contributed by atoms with Gasteiger partial charge in [-0.2, -0.15) is 0 Å². The number of nitrogens with zero attached hydrogens (tertiary/aromatic N) is 1. The third kappa shape index (κ3) is 2.61. The number of pyridine rings is 1. The summed E-state index contributed by atoms with van der Waals surface area (Å²) in [5.41, 5.74) is 3.05. The van der Waals surface area contributed by atoms with Crippen molar-refractivity contribution in [2.24, 2.45) is 0 Å². The number of anilines is 2. The van der Waals surface area contributed by atoms with Gasteiger partial charge in [0, 0.05) is 11.1 Å². The van der Waals surface area contributed by atoms with E-state index in [1.807, 2.05) is 55.5 Å². The third-order valence-corrected chi connectivity index (χ3v) is 3.49. The number of rotatable bonds is 3. The van der Waals surface area contributed by atoms with E-state index in [2.05, 4.69) is 22.4 Å². The van der Waals surface area contributed by atoms with Crippen LogP contribution in [0.25, 0.3) is 10.9 Å². The van der Waals surface area contributed by atoms with Gasteiger partial charge in [0.25, 0.3) is 0 Å². The van der Waals surface area contributed by atoms with Gasteiger partial charge in [0.1, 0.15) is 5.82 Å². The highest BCUT2D eigenvalue weighted by atomic mass is 35.5. The fourth-order valence-corrected chi connectivity index (χ4v) is 2.42. The first kappa shape index (κ1) is 12.9. The van der Waals surface area contributed by atoms with Crippen LogP contribution in [0.3, 0.4) is 0 Å². The predicted molar refractivity (Wildman–Crippen MR) is 85.7 cm³/mol. The van der Waals surface area contributed by atoms with Crippen LogP contribution in [0.1, 0.15) is 17.9 Å². The molecule has 0 aliphatic carbocycles. The number of fused-ring (bicyclic) bond motifs is 1. The Morgan fingerprint density at radius 1 is 0.950 bits per heavy atom. The van der Waals surface area contributed by atoms with Crippen LogP contribution in [0.5, 0.6) is 0 Å². The molecule has 1 aromatic heterocycles. The van der Waals surface area contributed by atoms with Gasteiger partial charge >= 0.3 is 0 Å². The van der Waals surface area contributed by atoms with E-state index < -0.39 is 0 Å². The van der Waals surface area contributed by atoms with Crippen molar-refractivity contribution < 1.29 is 0 Å². The van der Waals surface area contributed by atoms with E-state index in [0.29, 0.717) is 0 Å². The van der Waals surface area contributed by atoms with Crippen molar-refractivity contribution in [3.05, 3.63) is 66.2 Å². The maximum absolute atomic E-state index is 6.21. The number of para-hydroxylation sites is 2. The smallest absolute Gasteiger partial charge is 0.131 e. The molecule has 1 atom stereocenters. The fourth-order valence-electron chi connectivity index (χ4n) is 2.23. The molecule has 0 spiro atoms. The molecule has 0 fully saturated rings. The summed E-state index contributed by atoms with van der Waals surface area (Å²) in [7, 11) is 0. The Labute approximate surface area is 123 Å². The molecule has 0 saturated heterocycles.